The fourth-order valence-corrected chi connectivity index (χ4v) is 2.16. The van der Waals surface area contributed by atoms with Gasteiger partial charge in [0.05, 0.1) is 6.10 Å². The Kier molecular flexibility index (Phi) is 3.38. The minimum Gasteiger partial charge on any atom is -0.388 e. The Morgan fingerprint density at radius 1 is 1.67 bits per heavy atom. The first-order valence-corrected chi connectivity index (χ1v) is 6.19. The van der Waals surface area contributed by atoms with E-state index in [1.165, 1.54) is 0 Å². The van der Waals surface area contributed by atoms with Gasteiger partial charge in [-0.05, 0) is 41.7 Å². The number of hydrogen-bond donors (Lipinski definition) is 2. The Labute approximate surface area is 93.1 Å². The summed E-state index contributed by atoms with van der Waals surface area (Å²) < 4.78 is 0. The number of nitrogens with one attached hydrogen (secondary N) is 1. The average molecular weight is 225 g/mol. The maximum atomic E-state index is 11.3. The Balaban J connectivity index is 1.67. The highest BCUT2D eigenvalue weighted by molar-refractivity contribution is 7.07. The van der Waals surface area contributed by atoms with Crippen molar-refractivity contribution in [3.63, 3.8) is 0 Å². The van der Waals surface area contributed by atoms with Gasteiger partial charge in [-0.25, -0.2) is 0 Å². The Morgan fingerprint density at radius 3 is 3.07 bits per heavy atom. The van der Waals surface area contributed by atoms with Crippen molar-refractivity contribution in [2.75, 3.05) is 6.54 Å². The zero-order valence-electron chi connectivity index (χ0n) is 8.48. The molecule has 1 aromatic rings. The molecule has 1 amide bonds. The molecule has 82 valence electrons. The highest BCUT2D eigenvalue weighted by atomic mass is 32.1. The summed E-state index contributed by atoms with van der Waals surface area (Å²) in [5.74, 6) is 0.399. The lowest BCUT2D eigenvalue weighted by Gasteiger charge is -2.09. The van der Waals surface area contributed by atoms with Crippen LogP contribution in [0.5, 0.6) is 0 Å². The largest absolute Gasteiger partial charge is 0.388 e. The van der Waals surface area contributed by atoms with Crippen molar-refractivity contribution in [1.29, 1.82) is 0 Å². The van der Waals surface area contributed by atoms with Crippen molar-refractivity contribution >= 4 is 17.2 Å². The molecule has 2 N–H and O–H groups in total. The van der Waals surface area contributed by atoms with Gasteiger partial charge in [0.25, 0.3) is 0 Å². The van der Waals surface area contributed by atoms with Crippen LogP contribution in [0.2, 0.25) is 0 Å². The highest BCUT2D eigenvalue weighted by Gasteiger charge is 2.29. The van der Waals surface area contributed by atoms with E-state index < -0.39 is 6.10 Å². The van der Waals surface area contributed by atoms with Gasteiger partial charge in [0, 0.05) is 12.5 Å². The maximum absolute atomic E-state index is 11.3. The molecule has 4 heteroatoms. The second-order valence-corrected chi connectivity index (χ2v) is 4.71. The van der Waals surface area contributed by atoms with Gasteiger partial charge in [-0.1, -0.05) is 0 Å². The topological polar surface area (TPSA) is 49.3 Å². The summed E-state index contributed by atoms with van der Waals surface area (Å²) in [6.45, 7) is 0.562. The van der Waals surface area contributed by atoms with Crippen molar-refractivity contribution in [2.45, 2.75) is 25.4 Å². The second-order valence-electron chi connectivity index (χ2n) is 3.93. The lowest BCUT2D eigenvalue weighted by atomic mass is 10.1. The van der Waals surface area contributed by atoms with E-state index in [9.17, 15) is 9.90 Å². The monoisotopic (exact) mass is 225 g/mol. The second kappa shape index (κ2) is 4.77. The van der Waals surface area contributed by atoms with E-state index in [-0.39, 0.29) is 11.8 Å². The van der Waals surface area contributed by atoms with Crippen LogP contribution in [0.1, 0.15) is 30.9 Å². The first-order valence-electron chi connectivity index (χ1n) is 5.25. The van der Waals surface area contributed by atoms with Gasteiger partial charge in [0.2, 0.25) is 5.91 Å². The van der Waals surface area contributed by atoms with Crippen LogP contribution in [0.4, 0.5) is 0 Å². The van der Waals surface area contributed by atoms with Crippen LogP contribution in [0.25, 0.3) is 0 Å². The smallest absolute Gasteiger partial charge is 0.223 e. The summed E-state index contributed by atoms with van der Waals surface area (Å²) in [7, 11) is 0. The molecule has 0 spiro atoms. The van der Waals surface area contributed by atoms with Crippen LogP contribution in [0.3, 0.4) is 0 Å². The molecule has 1 aromatic heterocycles. The predicted octanol–water partition coefficient (Wildman–Crippen LogP) is 1.70. The molecule has 1 aliphatic carbocycles. The molecular formula is C11H15NO2S. The first kappa shape index (κ1) is 10.6. The van der Waals surface area contributed by atoms with Crippen molar-refractivity contribution < 1.29 is 9.90 Å². The average Bonchev–Trinajstić information content (AvgIpc) is 2.93. The standard InChI is InChI=1S/C11H15NO2S/c13-10(9-4-6-15-7-9)3-5-12-11(14)8-1-2-8/h4,6-8,10,13H,1-3,5H2,(H,12,14)/t10-/m0/s1. The molecule has 1 aliphatic rings. The molecule has 0 aliphatic heterocycles. The fraction of sp³-hybridized carbons (Fsp3) is 0.545. The van der Waals surface area contributed by atoms with E-state index in [2.05, 4.69) is 5.32 Å². The zero-order valence-corrected chi connectivity index (χ0v) is 9.30. The molecule has 3 nitrogen and oxygen atoms in total. The number of carbonyl (C=O) groups excluding carboxylic acids is 1. The third kappa shape index (κ3) is 3.04. The fourth-order valence-electron chi connectivity index (χ4n) is 1.45. The molecule has 0 aromatic carbocycles. The zero-order chi connectivity index (χ0) is 10.7. The molecule has 0 bridgehead atoms. The molecule has 0 radical (unpaired) electrons. The SMILES string of the molecule is O=C(NCC[C@H](O)c1ccsc1)C1CC1. The van der Waals surface area contributed by atoms with Crippen molar-refractivity contribution in [3.8, 4) is 0 Å². The Hall–Kier alpha value is -0.870. The van der Waals surface area contributed by atoms with Crippen molar-refractivity contribution in [3.05, 3.63) is 22.4 Å². The van der Waals surface area contributed by atoms with E-state index >= 15 is 0 Å². The number of rotatable bonds is 5. The molecular weight excluding hydrogens is 210 g/mol. The van der Waals surface area contributed by atoms with Gasteiger partial charge in [-0.15, -0.1) is 0 Å². The quantitative estimate of drug-likeness (QED) is 0.801. The van der Waals surface area contributed by atoms with Crippen molar-refractivity contribution in [1.82, 2.24) is 5.32 Å². The van der Waals surface area contributed by atoms with E-state index in [0.29, 0.717) is 13.0 Å². The summed E-state index contributed by atoms with van der Waals surface area (Å²) in [4.78, 5) is 11.3. The van der Waals surface area contributed by atoms with Crippen LogP contribution < -0.4 is 5.32 Å². The number of carbonyl (C=O) groups is 1. The van der Waals surface area contributed by atoms with E-state index in [1.54, 1.807) is 11.3 Å². The van der Waals surface area contributed by atoms with Gasteiger partial charge in [-0.2, -0.15) is 11.3 Å². The van der Waals surface area contributed by atoms with Gasteiger partial charge in [-0.3, -0.25) is 4.79 Å². The van der Waals surface area contributed by atoms with Crippen LogP contribution in [0, 0.1) is 5.92 Å². The van der Waals surface area contributed by atoms with Gasteiger partial charge >= 0.3 is 0 Å². The van der Waals surface area contributed by atoms with E-state index in [4.69, 9.17) is 0 Å². The number of aliphatic hydroxyl groups is 1. The molecule has 2 rings (SSSR count). The molecule has 15 heavy (non-hydrogen) atoms. The van der Waals surface area contributed by atoms with Gasteiger partial charge in [0.1, 0.15) is 0 Å². The number of amides is 1. The van der Waals surface area contributed by atoms with Crippen molar-refractivity contribution in [2.24, 2.45) is 5.92 Å². The molecule has 1 fully saturated rings. The van der Waals surface area contributed by atoms with Gasteiger partial charge < -0.3 is 10.4 Å². The van der Waals surface area contributed by atoms with E-state index in [1.807, 2.05) is 16.8 Å². The summed E-state index contributed by atoms with van der Waals surface area (Å²) in [5.41, 5.74) is 0.945. The summed E-state index contributed by atoms with van der Waals surface area (Å²) >= 11 is 1.58. The summed E-state index contributed by atoms with van der Waals surface area (Å²) in [6, 6.07) is 1.91. The molecule has 0 saturated heterocycles. The van der Waals surface area contributed by atoms with E-state index in [0.717, 1.165) is 18.4 Å². The number of hydrogen-bond acceptors (Lipinski definition) is 3. The van der Waals surface area contributed by atoms with Crippen LogP contribution >= 0.6 is 11.3 Å². The Morgan fingerprint density at radius 2 is 2.47 bits per heavy atom. The van der Waals surface area contributed by atoms with Crippen LogP contribution in [-0.2, 0) is 4.79 Å². The lowest BCUT2D eigenvalue weighted by molar-refractivity contribution is -0.122. The molecule has 1 saturated carbocycles. The predicted molar refractivity (Wildman–Crippen MR) is 59.6 cm³/mol. The van der Waals surface area contributed by atoms with Gasteiger partial charge in [0.15, 0.2) is 0 Å². The summed E-state index contributed by atoms with van der Waals surface area (Å²) in [5, 5.41) is 16.5. The molecule has 0 unspecified atom stereocenters. The minimum absolute atomic E-state index is 0.146. The number of aliphatic hydroxyl groups excluding tert-OH is 1. The third-order valence-electron chi connectivity index (χ3n) is 2.59. The molecule has 1 atom stereocenters. The minimum atomic E-state index is -0.448. The summed E-state index contributed by atoms with van der Waals surface area (Å²) in [6.07, 6.45) is 2.20. The lowest BCUT2D eigenvalue weighted by Crippen LogP contribution is -2.26. The highest BCUT2D eigenvalue weighted by Crippen LogP contribution is 2.28. The maximum Gasteiger partial charge on any atom is 0.223 e. The first-order chi connectivity index (χ1) is 7.27. The normalized spacial score (nSPS) is 17.4. The molecule has 1 heterocycles. The number of thiophene rings is 1. The third-order valence-corrected chi connectivity index (χ3v) is 3.29. The van der Waals surface area contributed by atoms with Crippen LogP contribution in [-0.4, -0.2) is 17.6 Å². The Bertz CT molecular complexity index is 319. The van der Waals surface area contributed by atoms with Crippen LogP contribution in [0.15, 0.2) is 16.8 Å².